The van der Waals surface area contributed by atoms with Crippen LogP contribution in [0.2, 0.25) is 0 Å². The number of hydrogen-bond acceptors (Lipinski definition) is 6. The number of rotatable bonds is 2. The number of pyridine rings is 2. The van der Waals surface area contributed by atoms with Gasteiger partial charge in [0.15, 0.2) is 0 Å². The Kier molecular flexibility index (Phi) is 7.86. The van der Waals surface area contributed by atoms with Gasteiger partial charge in [-0.3, -0.25) is 9.78 Å². The van der Waals surface area contributed by atoms with Crippen molar-refractivity contribution < 1.29 is 30.0 Å². The summed E-state index contributed by atoms with van der Waals surface area (Å²) >= 11 is 0. The minimum atomic E-state index is -1.13. The first-order valence-corrected chi connectivity index (χ1v) is 8.76. The van der Waals surface area contributed by atoms with Crippen molar-refractivity contribution in [3.63, 3.8) is 0 Å². The fourth-order valence-electron chi connectivity index (χ4n) is 2.32. The average Bonchev–Trinajstić information content (AvgIpc) is 2.75. The normalized spacial score (nSPS) is 9.55. The highest BCUT2D eigenvalue weighted by molar-refractivity contribution is 5.90. The number of nitrogens with zero attached hydrogens (tertiary/aromatic N) is 1. The van der Waals surface area contributed by atoms with Crippen LogP contribution in [0.3, 0.4) is 0 Å². The number of aromatic hydroxyl groups is 2. The minimum Gasteiger partial charge on any atom is -0.507 e. The first kappa shape index (κ1) is 22.6. The molecule has 0 spiro atoms. The lowest BCUT2D eigenvalue weighted by molar-refractivity contribution is 0.0681. The van der Waals surface area contributed by atoms with Gasteiger partial charge in [-0.15, -0.1) is 0 Å². The van der Waals surface area contributed by atoms with E-state index in [2.05, 4.69) is 9.97 Å². The van der Waals surface area contributed by atoms with Crippen LogP contribution in [0.5, 0.6) is 11.5 Å². The second kappa shape index (κ2) is 10.8. The zero-order chi connectivity index (χ0) is 22.8. The van der Waals surface area contributed by atoms with Gasteiger partial charge in [-0.2, -0.15) is 0 Å². The monoisotopic (exact) mass is 422 g/mol. The van der Waals surface area contributed by atoms with Crippen molar-refractivity contribution in [2.45, 2.75) is 0 Å². The Morgan fingerprint density at radius 2 is 1.39 bits per heavy atom. The number of para-hydroxylation sites is 2. The number of carboxylic acids is 2. The number of H-pyrrole nitrogens is 1. The average molecular weight is 422 g/mol. The Balaban J connectivity index is 0.000000166. The number of benzene rings is 2. The number of nitrogens with one attached hydrogen (secondary N) is 1. The Morgan fingerprint density at radius 1 is 0.742 bits per heavy atom. The Morgan fingerprint density at radius 3 is 1.94 bits per heavy atom. The van der Waals surface area contributed by atoms with Crippen molar-refractivity contribution in [1.82, 2.24) is 9.97 Å². The van der Waals surface area contributed by atoms with Crippen molar-refractivity contribution in [3.05, 3.63) is 101 Å². The second-order valence-corrected chi connectivity index (χ2v) is 5.91. The maximum atomic E-state index is 10.5. The van der Waals surface area contributed by atoms with Crippen LogP contribution in [0.15, 0.2) is 83.8 Å². The summed E-state index contributed by atoms with van der Waals surface area (Å²) in [5.74, 6) is -2.20. The van der Waals surface area contributed by atoms with Crippen molar-refractivity contribution in [2.24, 2.45) is 0 Å². The van der Waals surface area contributed by atoms with E-state index in [0.29, 0.717) is 5.52 Å². The van der Waals surface area contributed by atoms with Gasteiger partial charge in [-0.1, -0.05) is 36.4 Å². The summed E-state index contributed by atoms with van der Waals surface area (Å²) in [4.78, 5) is 37.1. The summed E-state index contributed by atoms with van der Waals surface area (Å²) in [7, 11) is 0. The molecule has 0 aliphatic heterocycles. The fourth-order valence-corrected chi connectivity index (χ4v) is 2.32. The van der Waals surface area contributed by atoms with E-state index >= 15 is 0 Å². The molecule has 0 saturated heterocycles. The summed E-state index contributed by atoms with van der Waals surface area (Å²) in [6, 6.07) is 18.9. The van der Waals surface area contributed by atoms with Gasteiger partial charge in [-0.25, -0.2) is 9.59 Å². The molecule has 2 aromatic carbocycles. The largest absolute Gasteiger partial charge is 0.507 e. The van der Waals surface area contributed by atoms with Crippen LogP contribution in [0, 0.1) is 0 Å². The first-order valence-electron chi connectivity index (χ1n) is 8.76. The summed E-state index contributed by atoms with van der Waals surface area (Å²) in [6.07, 6.45) is 1.67. The second-order valence-electron chi connectivity index (χ2n) is 5.91. The van der Waals surface area contributed by atoms with E-state index in [1.807, 2.05) is 18.2 Å². The number of aromatic carboxylic acids is 2. The first-order chi connectivity index (χ1) is 14.8. The number of aromatic amines is 1. The number of aromatic nitrogens is 2. The van der Waals surface area contributed by atoms with Crippen molar-refractivity contribution in [2.75, 3.05) is 0 Å². The Bertz CT molecular complexity index is 1250. The molecule has 9 heteroatoms. The molecule has 4 rings (SSSR count). The molecule has 0 bridgehead atoms. The third-order valence-electron chi connectivity index (χ3n) is 3.74. The lowest BCUT2D eigenvalue weighted by atomic mass is 10.2. The Labute approximate surface area is 175 Å². The molecule has 2 heterocycles. The van der Waals surface area contributed by atoms with E-state index in [9.17, 15) is 19.5 Å². The van der Waals surface area contributed by atoms with Crippen LogP contribution in [0.1, 0.15) is 20.8 Å². The molecular formula is C22H18N2O7. The minimum absolute atomic E-state index is 0.0671. The molecule has 5 N–H and O–H groups in total. The topological polar surface area (TPSA) is 161 Å². The zero-order valence-corrected chi connectivity index (χ0v) is 16.0. The molecule has 0 atom stereocenters. The van der Waals surface area contributed by atoms with Gasteiger partial charge >= 0.3 is 11.9 Å². The van der Waals surface area contributed by atoms with E-state index < -0.39 is 17.5 Å². The van der Waals surface area contributed by atoms with Gasteiger partial charge in [0, 0.05) is 17.6 Å². The molecule has 31 heavy (non-hydrogen) atoms. The van der Waals surface area contributed by atoms with Gasteiger partial charge in [-0.05, 0) is 30.3 Å². The maximum absolute atomic E-state index is 10.5. The molecule has 0 amide bonds. The van der Waals surface area contributed by atoms with E-state index in [1.54, 1.807) is 30.5 Å². The van der Waals surface area contributed by atoms with Gasteiger partial charge in [0.05, 0.1) is 0 Å². The molecule has 0 radical (unpaired) electrons. The van der Waals surface area contributed by atoms with Gasteiger partial charge in [0.25, 0.3) is 0 Å². The molecule has 0 fully saturated rings. The number of carbonyl (C=O) groups is 2. The smallest absolute Gasteiger partial charge is 0.352 e. The number of fused-ring (bicyclic) bond motifs is 1. The third kappa shape index (κ3) is 6.71. The van der Waals surface area contributed by atoms with E-state index in [0.717, 1.165) is 5.39 Å². The van der Waals surface area contributed by atoms with E-state index in [4.69, 9.17) is 15.3 Å². The van der Waals surface area contributed by atoms with Crippen LogP contribution in [-0.2, 0) is 0 Å². The predicted molar refractivity (Wildman–Crippen MR) is 112 cm³/mol. The number of hydrogen-bond donors (Lipinski definition) is 5. The standard InChI is InChI=1S/C9H7NO.C7H6O3.C6H5NO3/c11-8-5-1-3-7-4-2-6-10-9(7)8;8-6-4-2-1-3-5(6)7(9)10;8-5-3-1-2-4(7-5)6(9)10/h1-6,11H;1-4,8H,(H,9,10);1-3H,(H,7,8)(H,9,10). The Hall–Kier alpha value is -4.66. The highest BCUT2D eigenvalue weighted by atomic mass is 16.4. The molecule has 4 aromatic rings. The molecule has 158 valence electrons. The van der Waals surface area contributed by atoms with Crippen LogP contribution in [0.4, 0.5) is 0 Å². The molecule has 0 aliphatic carbocycles. The quantitative estimate of drug-likeness (QED) is 0.329. The van der Waals surface area contributed by atoms with Crippen LogP contribution in [-0.4, -0.2) is 42.3 Å². The zero-order valence-electron chi connectivity index (χ0n) is 16.0. The van der Waals surface area contributed by atoms with Gasteiger partial charge in [0.1, 0.15) is 28.3 Å². The highest BCUT2D eigenvalue weighted by Crippen LogP contribution is 2.20. The van der Waals surface area contributed by atoms with E-state index in [1.165, 1.54) is 30.3 Å². The molecule has 2 aromatic heterocycles. The lowest BCUT2D eigenvalue weighted by Crippen LogP contribution is -2.10. The van der Waals surface area contributed by atoms with Crippen molar-refractivity contribution >= 4 is 22.8 Å². The molecule has 9 nitrogen and oxygen atoms in total. The summed E-state index contributed by atoms with van der Waals surface area (Å²) in [5, 5.41) is 35.9. The lowest BCUT2D eigenvalue weighted by Gasteiger charge is -1.96. The summed E-state index contributed by atoms with van der Waals surface area (Å²) < 4.78 is 0. The molecule has 0 saturated carbocycles. The van der Waals surface area contributed by atoms with Gasteiger partial charge < -0.3 is 25.4 Å². The van der Waals surface area contributed by atoms with Crippen LogP contribution >= 0.6 is 0 Å². The maximum Gasteiger partial charge on any atom is 0.352 e. The molecule has 0 aliphatic rings. The van der Waals surface area contributed by atoms with Crippen LogP contribution in [0.25, 0.3) is 10.9 Å². The highest BCUT2D eigenvalue weighted by Gasteiger charge is 2.05. The SMILES string of the molecule is O=C(O)c1cccc(=O)[nH]1.O=C(O)c1ccccc1O.Oc1cccc2cccnc12. The van der Waals surface area contributed by atoms with Crippen molar-refractivity contribution in [3.8, 4) is 11.5 Å². The third-order valence-corrected chi connectivity index (χ3v) is 3.74. The summed E-state index contributed by atoms with van der Waals surface area (Å²) in [5.41, 5.74) is 0.102. The van der Waals surface area contributed by atoms with Gasteiger partial charge in [0.2, 0.25) is 5.56 Å². The number of phenols is 2. The number of phenolic OH excluding ortho intramolecular Hbond substituents is 1. The van der Waals surface area contributed by atoms with Crippen LogP contribution < -0.4 is 5.56 Å². The van der Waals surface area contributed by atoms with E-state index in [-0.39, 0.29) is 22.8 Å². The number of carboxylic acid groups (broad SMARTS) is 2. The summed E-state index contributed by atoms with van der Waals surface area (Å²) in [6.45, 7) is 0. The molecular weight excluding hydrogens is 404 g/mol. The van der Waals surface area contributed by atoms with Crippen molar-refractivity contribution in [1.29, 1.82) is 0 Å². The predicted octanol–water partition coefficient (Wildman–Crippen LogP) is 3.10. The molecule has 0 unspecified atom stereocenters. The fraction of sp³-hybridized carbons (Fsp3) is 0.